The molecule has 0 unspecified atom stereocenters. The van der Waals surface area contributed by atoms with Gasteiger partial charge in [-0.15, -0.1) is 11.3 Å². The number of hydrogen-bond acceptors (Lipinski definition) is 4. The van der Waals surface area contributed by atoms with Gasteiger partial charge in [0.1, 0.15) is 0 Å². The number of halogens is 3. The summed E-state index contributed by atoms with van der Waals surface area (Å²) in [5, 5.41) is 5.32. The fraction of sp³-hybridized carbons (Fsp3) is 0.259. The maximum absolute atomic E-state index is 13.3. The van der Waals surface area contributed by atoms with Crippen LogP contribution in [0.2, 0.25) is 0 Å². The number of anilines is 2. The van der Waals surface area contributed by atoms with E-state index in [-0.39, 0.29) is 5.91 Å². The summed E-state index contributed by atoms with van der Waals surface area (Å²) in [7, 11) is 0. The largest absolute Gasteiger partial charge is 0.416 e. The van der Waals surface area contributed by atoms with E-state index in [1.54, 1.807) is 6.07 Å². The van der Waals surface area contributed by atoms with Gasteiger partial charge in [0, 0.05) is 36.4 Å². The van der Waals surface area contributed by atoms with E-state index in [2.05, 4.69) is 14.9 Å². The molecule has 5 nitrogen and oxygen atoms in total. The molecular weight excluding hydrogens is 485 g/mol. The number of amides is 1. The van der Waals surface area contributed by atoms with Crippen molar-refractivity contribution in [1.29, 1.82) is 0 Å². The third-order valence-corrected chi connectivity index (χ3v) is 7.14. The molecule has 0 aliphatic carbocycles. The van der Waals surface area contributed by atoms with Gasteiger partial charge in [0.05, 0.1) is 22.5 Å². The first-order chi connectivity index (χ1) is 17.3. The van der Waals surface area contributed by atoms with E-state index in [0.717, 1.165) is 55.0 Å². The molecule has 3 heterocycles. The van der Waals surface area contributed by atoms with E-state index in [9.17, 15) is 18.0 Å². The van der Waals surface area contributed by atoms with Gasteiger partial charge in [-0.05, 0) is 49.6 Å². The summed E-state index contributed by atoms with van der Waals surface area (Å²) in [6.07, 6.45) is -2.39. The van der Waals surface area contributed by atoms with Gasteiger partial charge in [0.25, 0.3) is 5.91 Å². The summed E-state index contributed by atoms with van der Waals surface area (Å²) >= 11 is 1.30. The molecule has 0 radical (unpaired) electrons. The molecule has 0 spiro atoms. The van der Waals surface area contributed by atoms with Crippen LogP contribution in [0.5, 0.6) is 0 Å². The van der Waals surface area contributed by atoms with Gasteiger partial charge in [0.15, 0.2) is 5.13 Å². The molecule has 1 N–H and O–H groups in total. The van der Waals surface area contributed by atoms with Crippen molar-refractivity contribution in [3.05, 3.63) is 88.4 Å². The lowest BCUT2D eigenvalue weighted by molar-refractivity contribution is -0.137. The molecule has 1 amide bonds. The number of alkyl halides is 3. The van der Waals surface area contributed by atoms with E-state index >= 15 is 0 Å². The number of nitrogens with one attached hydrogen (secondary N) is 1. The standard InChI is InChI=1S/C27H25F3N4OS/c1-18-22(25(35)33-12-5-6-13-33)15-24(34(18)16-19-8-3-2-4-9-19)23-17-36-26(32-23)31-21-11-7-10-20(14-21)27(28,29)30/h2-4,7-11,14-15,17H,5-6,12-13,16H2,1H3,(H,31,32). The minimum absolute atomic E-state index is 0.0237. The lowest BCUT2D eigenvalue weighted by Gasteiger charge is -2.15. The highest BCUT2D eigenvalue weighted by Crippen LogP contribution is 2.34. The first kappa shape index (κ1) is 24.1. The van der Waals surface area contributed by atoms with Crippen molar-refractivity contribution in [3.8, 4) is 11.4 Å². The van der Waals surface area contributed by atoms with Gasteiger partial charge in [-0.3, -0.25) is 4.79 Å². The van der Waals surface area contributed by atoms with Crippen LogP contribution in [0.1, 0.15) is 40.0 Å². The molecule has 1 aliphatic heterocycles. The summed E-state index contributed by atoms with van der Waals surface area (Å²) < 4.78 is 41.4. The molecular formula is C27H25F3N4OS. The van der Waals surface area contributed by atoms with Crippen LogP contribution in [-0.2, 0) is 12.7 Å². The van der Waals surface area contributed by atoms with Gasteiger partial charge < -0.3 is 14.8 Å². The number of aromatic nitrogens is 2. The number of nitrogens with zero attached hydrogens (tertiary/aromatic N) is 3. The predicted molar refractivity (Wildman–Crippen MR) is 136 cm³/mol. The minimum atomic E-state index is -4.42. The summed E-state index contributed by atoms with van der Waals surface area (Å²) in [4.78, 5) is 19.8. The average Bonchev–Trinajstić information content (AvgIpc) is 3.61. The maximum Gasteiger partial charge on any atom is 0.416 e. The number of likely N-dealkylation sites (tertiary alicyclic amines) is 1. The van der Waals surface area contributed by atoms with Crippen LogP contribution in [0.15, 0.2) is 66.0 Å². The maximum atomic E-state index is 13.3. The molecule has 1 saturated heterocycles. The number of carbonyl (C=O) groups is 1. The van der Waals surface area contributed by atoms with Crippen LogP contribution in [-0.4, -0.2) is 33.4 Å². The molecule has 4 aromatic rings. The Bertz CT molecular complexity index is 1370. The number of carbonyl (C=O) groups excluding carboxylic acids is 1. The highest BCUT2D eigenvalue weighted by atomic mass is 32.1. The topological polar surface area (TPSA) is 50.2 Å². The SMILES string of the molecule is Cc1c(C(=O)N2CCCC2)cc(-c2csc(Nc3cccc(C(F)(F)F)c3)n2)n1Cc1ccccc1. The van der Waals surface area contributed by atoms with Crippen LogP contribution in [0.3, 0.4) is 0 Å². The minimum Gasteiger partial charge on any atom is -0.339 e. The smallest absolute Gasteiger partial charge is 0.339 e. The lowest BCUT2D eigenvalue weighted by Crippen LogP contribution is -2.28. The molecule has 9 heteroatoms. The summed E-state index contributed by atoms with van der Waals surface area (Å²) in [6, 6.07) is 16.9. The number of hydrogen-bond donors (Lipinski definition) is 1. The molecule has 0 saturated carbocycles. The highest BCUT2D eigenvalue weighted by molar-refractivity contribution is 7.14. The molecule has 0 bridgehead atoms. The molecule has 1 aliphatic rings. The van der Waals surface area contributed by atoms with Crippen molar-refractivity contribution < 1.29 is 18.0 Å². The quantitative estimate of drug-likeness (QED) is 0.305. The zero-order chi connectivity index (χ0) is 25.3. The molecule has 2 aromatic carbocycles. The average molecular weight is 511 g/mol. The van der Waals surface area contributed by atoms with Crippen molar-refractivity contribution in [2.45, 2.75) is 32.5 Å². The number of rotatable bonds is 6. The first-order valence-electron chi connectivity index (χ1n) is 11.7. The fourth-order valence-corrected chi connectivity index (χ4v) is 5.20. The third-order valence-electron chi connectivity index (χ3n) is 6.38. The molecule has 186 valence electrons. The molecule has 2 aromatic heterocycles. The van der Waals surface area contributed by atoms with Gasteiger partial charge in [-0.2, -0.15) is 13.2 Å². The normalized spacial score (nSPS) is 13.8. The van der Waals surface area contributed by atoms with Crippen LogP contribution in [0.4, 0.5) is 24.0 Å². The molecule has 5 rings (SSSR count). The van der Waals surface area contributed by atoms with E-state index in [4.69, 9.17) is 0 Å². The van der Waals surface area contributed by atoms with Crippen LogP contribution < -0.4 is 5.32 Å². The van der Waals surface area contributed by atoms with Crippen LogP contribution >= 0.6 is 11.3 Å². The summed E-state index contributed by atoms with van der Waals surface area (Å²) in [5.74, 6) is 0.0237. The summed E-state index contributed by atoms with van der Waals surface area (Å²) in [5.41, 5.74) is 3.67. The van der Waals surface area contributed by atoms with Crippen molar-refractivity contribution in [3.63, 3.8) is 0 Å². The predicted octanol–water partition coefficient (Wildman–Crippen LogP) is 6.97. The molecule has 36 heavy (non-hydrogen) atoms. The van der Waals surface area contributed by atoms with Crippen molar-refractivity contribution in [2.75, 3.05) is 18.4 Å². The highest BCUT2D eigenvalue weighted by Gasteiger charge is 2.30. The van der Waals surface area contributed by atoms with Crippen molar-refractivity contribution in [1.82, 2.24) is 14.5 Å². The zero-order valence-electron chi connectivity index (χ0n) is 19.7. The Morgan fingerprint density at radius 1 is 1.06 bits per heavy atom. The molecule has 0 atom stereocenters. The van der Waals surface area contributed by atoms with E-state index in [1.807, 2.05) is 53.6 Å². The second-order valence-corrected chi connectivity index (χ2v) is 9.70. The van der Waals surface area contributed by atoms with Gasteiger partial charge in [-0.25, -0.2) is 4.98 Å². The van der Waals surface area contributed by atoms with Gasteiger partial charge >= 0.3 is 6.18 Å². The van der Waals surface area contributed by atoms with Crippen molar-refractivity contribution in [2.24, 2.45) is 0 Å². The molecule has 1 fully saturated rings. The van der Waals surface area contributed by atoms with Crippen LogP contribution in [0, 0.1) is 6.92 Å². The van der Waals surface area contributed by atoms with Gasteiger partial charge in [-0.1, -0.05) is 36.4 Å². The van der Waals surface area contributed by atoms with E-state index < -0.39 is 11.7 Å². The number of thiazole rings is 1. The van der Waals surface area contributed by atoms with E-state index in [1.165, 1.54) is 17.4 Å². The Kier molecular flexibility index (Phi) is 6.57. The Labute approximate surface area is 211 Å². The monoisotopic (exact) mass is 510 g/mol. The van der Waals surface area contributed by atoms with Crippen LogP contribution in [0.25, 0.3) is 11.4 Å². The Balaban J connectivity index is 1.48. The fourth-order valence-electron chi connectivity index (χ4n) is 4.48. The van der Waals surface area contributed by atoms with Crippen molar-refractivity contribution >= 4 is 28.1 Å². The zero-order valence-corrected chi connectivity index (χ0v) is 20.5. The third kappa shape index (κ3) is 5.02. The lowest BCUT2D eigenvalue weighted by atomic mass is 10.2. The second-order valence-electron chi connectivity index (χ2n) is 8.84. The van der Waals surface area contributed by atoms with Gasteiger partial charge in [0.2, 0.25) is 0 Å². The summed E-state index contributed by atoms with van der Waals surface area (Å²) in [6.45, 7) is 4.05. The second kappa shape index (κ2) is 9.81. The first-order valence-corrected chi connectivity index (χ1v) is 12.6. The van der Waals surface area contributed by atoms with E-state index in [0.29, 0.717) is 28.6 Å². The Hall–Kier alpha value is -3.59. The Morgan fingerprint density at radius 2 is 1.81 bits per heavy atom. The Morgan fingerprint density at radius 3 is 2.53 bits per heavy atom. The number of benzene rings is 2.